The van der Waals surface area contributed by atoms with E-state index in [1.165, 1.54) is 18.4 Å². The Bertz CT molecular complexity index is 579. The van der Waals surface area contributed by atoms with Crippen LogP contribution in [0.1, 0.15) is 31.2 Å². The van der Waals surface area contributed by atoms with Crippen molar-refractivity contribution in [3.8, 4) is 5.75 Å². The zero-order chi connectivity index (χ0) is 16.2. The molecule has 2 saturated heterocycles. The summed E-state index contributed by atoms with van der Waals surface area (Å²) in [6.07, 6.45) is 3.74. The number of carbonyl (C=O) groups excluding carboxylic acids is 2. The molecule has 2 heterocycles. The van der Waals surface area contributed by atoms with Crippen LogP contribution >= 0.6 is 0 Å². The van der Waals surface area contributed by atoms with Gasteiger partial charge in [-0.25, -0.2) is 0 Å². The maximum Gasteiger partial charge on any atom is 0.267 e. The molecule has 0 bridgehead atoms. The van der Waals surface area contributed by atoms with Crippen LogP contribution < -0.4 is 10.1 Å². The first-order valence-corrected chi connectivity index (χ1v) is 8.38. The van der Waals surface area contributed by atoms with Crippen molar-refractivity contribution < 1.29 is 14.3 Å². The monoisotopic (exact) mass is 316 g/mol. The molecule has 5 heteroatoms. The van der Waals surface area contributed by atoms with Crippen LogP contribution in [-0.4, -0.2) is 43.0 Å². The number of imide groups is 1. The smallest absolute Gasteiger partial charge is 0.267 e. The Morgan fingerprint density at radius 2 is 2.00 bits per heavy atom. The van der Waals surface area contributed by atoms with E-state index >= 15 is 0 Å². The molecule has 3 rings (SSSR count). The maximum absolute atomic E-state index is 11.8. The summed E-state index contributed by atoms with van der Waals surface area (Å²) in [5, 5.41) is 2.33. The van der Waals surface area contributed by atoms with Gasteiger partial charge in [0.15, 0.2) is 6.10 Å². The van der Waals surface area contributed by atoms with Crippen molar-refractivity contribution in [2.75, 3.05) is 20.1 Å². The Kier molecular flexibility index (Phi) is 4.96. The third kappa shape index (κ3) is 4.32. The highest BCUT2D eigenvalue weighted by atomic mass is 16.5. The lowest BCUT2D eigenvalue weighted by atomic mass is 9.90. The van der Waals surface area contributed by atoms with E-state index in [-0.39, 0.29) is 11.8 Å². The number of hydrogen-bond donors (Lipinski definition) is 1. The van der Waals surface area contributed by atoms with E-state index in [2.05, 4.69) is 23.3 Å². The quantitative estimate of drug-likeness (QED) is 0.860. The van der Waals surface area contributed by atoms with Crippen molar-refractivity contribution >= 4 is 11.8 Å². The summed E-state index contributed by atoms with van der Waals surface area (Å²) >= 11 is 0. The summed E-state index contributed by atoms with van der Waals surface area (Å²) in [7, 11) is 2.17. The van der Waals surface area contributed by atoms with Crippen molar-refractivity contribution in [3.05, 3.63) is 29.8 Å². The first kappa shape index (κ1) is 16.0. The Balaban J connectivity index is 1.59. The fourth-order valence-electron chi connectivity index (χ4n) is 3.30. The van der Waals surface area contributed by atoms with Crippen molar-refractivity contribution in [1.82, 2.24) is 10.2 Å². The molecule has 1 aromatic rings. The van der Waals surface area contributed by atoms with Gasteiger partial charge < -0.3 is 9.64 Å². The van der Waals surface area contributed by atoms with Crippen LogP contribution in [0.25, 0.3) is 0 Å². The lowest BCUT2D eigenvalue weighted by molar-refractivity contribution is -0.138. The minimum Gasteiger partial charge on any atom is -0.481 e. The van der Waals surface area contributed by atoms with Crippen LogP contribution in [0.5, 0.6) is 5.75 Å². The Morgan fingerprint density at radius 3 is 2.74 bits per heavy atom. The van der Waals surface area contributed by atoms with Gasteiger partial charge in [-0.05, 0) is 63.0 Å². The fraction of sp³-hybridized carbons (Fsp3) is 0.556. The molecule has 2 aliphatic heterocycles. The average Bonchev–Trinajstić information content (AvgIpc) is 2.53. The first-order valence-electron chi connectivity index (χ1n) is 8.38. The van der Waals surface area contributed by atoms with E-state index in [0.717, 1.165) is 25.4 Å². The minimum absolute atomic E-state index is 0.217. The summed E-state index contributed by atoms with van der Waals surface area (Å²) in [6, 6.07) is 8.00. The molecule has 124 valence electrons. The third-order valence-electron chi connectivity index (χ3n) is 4.73. The van der Waals surface area contributed by atoms with E-state index in [1.807, 2.05) is 18.2 Å². The molecule has 23 heavy (non-hydrogen) atoms. The van der Waals surface area contributed by atoms with Crippen LogP contribution in [-0.2, 0) is 16.0 Å². The summed E-state index contributed by atoms with van der Waals surface area (Å²) < 4.78 is 5.79. The second-order valence-corrected chi connectivity index (χ2v) is 6.66. The lowest BCUT2D eigenvalue weighted by Crippen LogP contribution is -2.46. The second kappa shape index (κ2) is 7.13. The van der Waals surface area contributed by atoms with Gasteiger partial charge >= 0.3 is 0 Å². The highest BCUT2D eigenvalue weighted by Gasteiger charge is 2.28. The van der Waals surface area contributed by atoms with Gasteiger partial charge in [0, 0.05) is 12.8 Å². The van der Waals surface area contributed by atoms with Crippen molar-refractivity contribution in [2.24, 2.45) is 5.92 Å². The molecular weight excluding hydrogens is 292 g/mol. The molecule has 0 spiro atoms. The van der Waals surface area contributed by atoms with Crippen LogP contribution in [0.15, 0.2) is 24.3 Å². The zero-order valence-electron chi connectivity index (χ0n) is 13.6. The van der Waals surface area contributed by atoms with E-state index < -0.39 is 6.10 Å². The molecule has 2 fully saturated rings. The van der Waals surface area contributed by atoms with Gasteiger partial charge in [0.2, 0.25) is 5.91 Å². The molecule has 0 aliphatic carbocycles. The molecule has 1 atom stereocenters. The van der Waals surface area contributed by atoms with E-state index in [0.29, 0.717) is 18.6 Å². The van der Waals surface area contributed by atoms with Crippen LogP contribution in [0.3, 0.4) is 0 Å². The Labute approximate surface area is 137 Å². The van der Waals surface area contributed by atoms with E-state index in [9.17, 15) is 9.59 Å². The fourth-order valence-corrected chi connectivity index (χ4v) is 3.30. The lowest BCUT2D eigenvalue weighted by Gasteiger charge is -2.29. The number of hydrogen-bond acceptors (Lipinski definition) is 4. The summed E-state index contributed by atoms with van der Waals surface area (Å²) in [4.78, 5) is 25.3. The Morgan fingerprint density at radius 1 is 1.22 bits per heavy atom. The molecule has 1 aromatic carbocycles. The largest absolute Gasteiger partial charge is 0.481 e. The molecule has 0 radical (unpaired) electrons. The number of amides is 2. The normalized spacial score (nSPS) is 23.6. The molecular formula is C18H24N2O3. The van der Waals surface area contributed by atoms with Crippen molar-refractivity contribution in [2.45, 2.75) is 38.2 Å². The molecule has 2 amide bonds. The topological polar surface area (TPSA) is 58.6 Å². The number of nitrogens with one attached hydrogen (secondary N) is 1. The van der Waals surface area contributed by atoms with E-state index in [4.69, 9.17) is 4.74 Å². The van der Waals surface area contributed by atoms with E-state index in [1.54, 1.807) is 0 Å². The van der Waals surface area contributed by atoms with Gasteiger partial charge in [-0.2, -0.15) is 0 Å². The molecule has 1 N–H and O–H groups in total. The third-order valence-corrected chi connectivity index (χ3v) is 4.73. The number of nitrogens with zero attached hydrogens (tertiary/aromatic N) is 1. The van der Waals surface area contributed by atoms with Gasteiger partial charge in [0.25, 0.3) is 5.91 Å². The van der Waals surface area contributed by atoms with Gasteiger partial charge in [-0.3, -0.25) is 14.9 Å². The highest BCUT2D eigenvalue weighted by molar-refractivity contribution is 5.99. The Hall–Kier alpha value is -1.88. The number of rotatable bonds is 4. The van der Waals surface area contributed by atoms with Crippen LogP contribution in [0.2, 0.25) is 0 Å². The second-order valence-electron chi connectivity index (χ2n) is 6.66. The molecule has 2 aliphatic rings. The van der Waals surface area contributed by atoms with Gasteiger partial charge in [-0.15, -0.1) is 0 Å². The first-order chi connectivity index (χ1) is 11.1. The SMILES string of the molecule is CN1CCC(Cc2cccc(OC3CCC(=O)NC3=O)c2)CC1. The van der Waals surface area contributed by atoms with Crippen molar-refractivity contribution in [3.63, 3.8) is 0 Å². The van der Waals surface area contributed by atoms with Crippen LogP contribution in [0.4, 0.5) is 0 Å². The number of likely N-dealkylation sites (tertiary alicyclic amines) is 1. The number of carbonyl (C=O) groups is 2. The average molecular weight is 316 g/mol. The number of benzene rings is 1. The molecule has 0 saturated carbocycles. The van der Waals surface area contributed by atoms with Crippen molar-refractivity contribution in [1.29, 1.82) is 0 Å². The molecule has 5 nitrogen and oxygen atoms in total. The zero-order valence-corrected chi connectivity index (χ0v) is 13.6. The number of piperidine rings is 2. The van der Waals surface area contributed by atoms with Crippen LogP contribution in [0, 0.1) is 5.92 Å². The molecule has 0 aromatic heterocycles. The summed E-state index contributed by atoms with van der Waals surface area (Å²) in [5.74, 6) is 0.884. The maximum atomic E-state index is 11.8. The predicted octanol–water partition coefficient (Wildman–Crippen LogP) is 1.75. The highest BCUT2D eigenvalue weighted by Crippen LogP contribution is 2.24. The van der Waals surface area contributed by atoms with Gasteiger partial charge in [0.05, 0.1) is 0 Å². The summed E-state index contributed by atoms with van der Waals surface area (Å²) in [6.45, 7) is 2.33. The minimum atomic E-state index is -0.564. The van der Waals surface area contributed by atoms with Gasteiger partial charge in [-0.1, -0.05) is 12.1 Å². The number of ether oxygens (including phenoxy) is 1. The standard InChI is InChI=1S/C18H24N2O3/c1-20-9-7-13(8-10-20)11-14-3-2-4-15(12-14)23-16-5-6-17(21)19-18(16)22/h2-4,12-13,16H,5-11H2,1H3,(H,19,21,22). The molecule has 1 unspecified atom stereocenters. The van der Waals surface area contributed by atoms with Gasteiger partial charge in [0.1, 0.15) is 5.75 Å². The predicted molar refractivity (Wildman–Crippen MR) is 87.2 cm³/mol. The summed E-state index contributed by atoms with van der Waals surface area (Å²) in [5.41, 5.74) is 1.25.